The van der Waals surface area contributed by atoms with Gasteiger partial charge in [-0.3, -0.25) is 0 Å². The van der Waals surface area contributed by atoms with Crippen LogP contribution in [0.2, 0.25) is 5.02 Å². The van der Waals surface area contributed by atoms with Crippen molar-refractivity contribution in [3.8, 4) is 0 Å². The fourth-order valence-electron chi connectivity index (χ4n) is 2.12. The molecule has 1 rings (SSSR count). The Hall–Kier alpha value is -0.570. The lowest BCUT2D eigenvalue weighted by molar-refractivity contribution is 0.104. The molecule has 0 aliphatic carbocycles. The van der Waals surface area contributed by atoms with E-state index in [9.17, 15) is 0 Å². The van der Waals surface area contributed by atoms with Crippen LogP contribution in [0.4, 0.5) is 0 Å². The van der Waals surface area contributed by atoms with Crippen LogP contribution in [-0.2, 0) is 4.74 Å². The third-order valence-corrected chi connectivity index (χ3v) is 3.56. The van der Waals surface area contributed by atoms with Crippen LogP contribution in [0.1, 0.15) is 38.7 Å². The Bertz CT molecular complexity index is 350. The number of halogens is 1. The molecule has 0 saturated carbocycles. The molecular weight excluding hydrogens is 258 g/mol. The van der Waals surface area contributed by atoms with Crippen LogP contribution >= 0.6 is 11.6 Å². The maximum atomic E-state index is 5.95. The lowest BCUT2D eigenvalue weighted by Crippen LogP contribution is -2.27. The van der Waals surface area contributed by atoms with Gasteiger partial charge in [-0.1, -0.05) is 37.6 Å². The summed E-state index contributed by atoms with van der Waals surface area (Å²) in [5, 5.41) is 4.33. The highest BCUT2D eigenvalue weighted by molar-refractivity contribution is 6.30. The van der Waals surface area contributed by atoms with Gasteiger partial charge in [0.2, 0.25) is 0 Å². The molecule has 0 radical (unpaired) electrons. The van der Waals surface area contributed by atoms with Crippen molar-refractivity contribution >= 4 is 11.6 Å². The molecule has 2 nitrogen and oxygen atoms in total. The molecule has 0 amide bonds. The molecule has 2 atom stereocenters. The standard InChI is InChI=1S/C16H26ClNO/c1-12(2)10-18-11-15(9-13(3)19-4)14-5-7-16(17)8-6-14/h5-8,12-13,15,18H,9-11H2,1-4H3. The molecule has 1 N–H and O–H groups in total. The molecule has 3 heteroatoms. The largest absolute Gasteiger partial charge is 0.382 e. The van der Waals surface area contributed by atoms with E-state index in [2.05, 4.69) is 38.2 Å². The lowest BCUT2D eigenvalue weighted by atomic mass is 9.93. The zero-order valence-corrected chi connectivity index (χ0v) is 13.2. The normalized spacial score (nSPS) is 14.6. The van der Waals surface area contributed by atoms with E-state index < -0.39 is 0 Å². The van der Waals surface area contributed by atoms with Gasteiger partial charge in [0, 0.05) is 18.7 Å². The third kappa shape index (κ3) is 6.42. The minimum absolute atomic E-state index is 0.265. The predicted octanol–water partition coefficient (Wildman–Crippen LogP) is 4.09. The minimum atomic E-state index is 0.265. The average molecular weight is 284 g/mol. The van der Waals surface area contributed by atoms with E-state index in [1.165, 1.54) is 5.56 Å². The number of nitrogens with one attached hydrogen (secondary N) is 1. The van der Waals surface area contributed by atoms with Gasteiger partial charge in [0.15, 0.2) is 0 Å². The van der Waals surface area contributed by atoms with E-state index in [1.807, 2.05) is 12.1 Å². The molecule has 0 spiro atoms. The fraction of sp³-hybridized carbons (Fsp3) is 0.625. The number of hydrogen-bond donors (Lipinski definition) is 1. The number of ether oxygens (including phenoxy) is 1. The van der Waals surface area contributed by atoms with Crippen molar-refractivity contribution in [2.24, 2.45) is 5.92 Å². The molecule has 0 saturated heterocycles. The lowest BCUT2D eigenvalue weighted by Gasteiger charge is -2.22. The van der Waals surface area contributed by atoms with Crippen molar-refractivity contribution in [3.63, 3.8) is 0 Å². The molecule has 1 aromatic rings. The summed E-state index contributed by atoms with van der Waals surface area (Å²) in [7, 11) is 1.77. The number of rotatable bonds is 8. The van der Waals surface area contributed by atoms with Crippen molar-refractivity contribution in [3.05, 3.63) is 34.9 Å². The molecule has 108 valence electrons. The van der Waals surface area contributed by atoms with Gasteiger partial charge >= 0.3 is 0 Å². The van der Waals surface area contributed by atoms with Gasteiger partial charge in [-0.2, -0.15) is 0 Å². The van der Waals surface area contributed by atoms with Gasteiger partial charge in [-0.25, -0.2) is 0 Å². The van der Waals surface area contributed by atoms with Crippen molar-refractivity contribution in [2.45, 2.75) is 39.2 Å². The summed E-state index contributed by atoms with van der Waals surface area (Å²) in [6.45, 7) is 8.59. The van der Waals surface area contributed by atoms with Crippen LogP contribution in [0.25, 0.3) is 0 Å². The second-order valence-electron chi connectivity index (χ2n) is 5.58. The fourth-order valence-corrected chi connectivity index (χ4v) is 2.24. The number of hydrogen-bond acceptors (Lipinski definition) is 2. The van der Waals surface area contributed by atoms with Crippen molar-refractivity contribution < 1.29 is 4.74 Å². The monoisotopic (exact) mass is 283 g/mol. The minimum Gasteiger partial charge on any atom is -0.382 e. The Kier molecular flexibility index (Phi) is 7.44. The smallest absolute Gasteiger partial charge is 0.0549 e. The Morgan fingerprint density at radius 2 is 1.74 bits per heavy atom. The average Bonchev–Trinajstić information content (AvgIpc) is 2.38. The van der Waals surface area contributed by atoms with Gasteiger partial charge in [0.05, 0.1) is 6.10 Å². The highest BCUT2D eigenvalue weighted by Gasteiger charge is 2.15. The summed E-state index contributed by atoms with van der Waals surface area (Å²) in [6.07, 6.45) is 1.28. The van der Waals surface area contributed by atoms with Crippen molar-refractivity contribution in [1.82, 2.24) is 5.32 Å². The maximum absolute atomic E-state index is 5.95. The van der Waals surface area contributed by atoms with Crippen LogP contribution in [0.5, 0.6) is 0 Å². The highest BCUT2D eigenvalue weighted by atomic mass is 35.5. The summed E-state index contributed by atoms with van der Waals surface area (Å²) >= 11 is 5.95. The summed E-state index contributed by atoms with van der Waals surface area (Å²) in [5.41, 5.74) is 1.32. The van der Waals surface area contributed by atoms with Gasteiger partial charge < -0.3 is 10.1 Å². The van der Waals surface area contributed by atoms with Crippen LogP contribution in [-0.4, -0.2) is 26.3 Å². The topological polar surface area (TPSA) is 21.3 Å². The Morgan fingerprint density at radius 3 is 2.26 bits per heavy atom. The predicted molar refractivity (Wildman–Crippen MR) is 83.0 cm³/mol. The Labute approximate surface area is 122 Å². The van der Waals surface area contributed by atoms with Gasteiger partial charge in [0.25, 0.3) is 0 Å². The first-order valence-electron chi connectivity index (χ1n) is 7.02. The van der Waals surface area contributed by atoms with Crippen LogP contribution in [0, 0.1) is 5.92 Å². The Balaban J connectivity index is 2.65. The number of methoxy groups -OCH3 is 1. The molecular formula is C16H26ClNO. The van der Waals surface area contributed by atoms with Crippen molar-refractivity contribution in [2.75, 3.05) is 20.2 Å². The quantitative estimate of drug-likeness (QED) is 0.776. The zero-order chi connectivity index (χ0) is 14.3. The first kappa shape index (κ1) is 16.5. The summed E-state index contributed by atoms with van der Waals surface area (Å²) in [6, 6.07) is 8.16. The van der Waals surface area contributed by atoms with Crippen molar-refractivity contribution in [1.29, 1.82) is 0 Å². The molecule has 0 fully saturated rings. The molecule has 0 bridgehead atoms. The SMILES string of the molecule is COC(C)CC(CNCC(C)C)c1ccc(Cl)cc1. The van der Waals surface area contributed by atoms with E-state index in [1.54, 1.807) is 7.11 Å². The van der Waals surface area contributed by atoms with E-state index in [4.69, 9.17) is 16.3 Å². The molecule has 19 heavy (non-hydrogen) atoms. The van der Waals surface area contributed by atoms with Gasteiger partial charge in [-0.05, 0) is 49.4 Å². The second-order valence-corrected chi connectivity index (χ2v) is 6.02. The third-order valence-electron chi connectivity index (χ3n) is 3.30. The van der Waals surface area contributed by atoms with Crippen LogP contribution in [0.15, 0.2) is 24.3 Å². The second kappa shape index (κ2) is 8.57. The van der Waals surface area contributed by atoms with Crippen LogP contribution in [0.3, 0.4) is 0 Å². The van der Waals surface area contributed by atoms with Gasteiger partial charge in [0.1, 0.15) is 0 Å². The van der Waals surface area contributed by atoms with Gasteiger partial charge in [-0.15, -0.1) is 0 Å². The first-order chi connectivity index (χ1) is 9.02. The first-order valence-corrected chi connectivity index (χ1v) is 7.39. The highest BCUT2D eigenvalue weighted by Crippen LogP contribution is 2.23. The van der Waals surface area contributed by atoms with E-state index >= 15 is 0 Å². The molecule has 0 aliphatic heterocycles. The van der Waals surface area contributed by atoms with E-state index in [0.29, 0.717) is 11.8 Å². The number of benzene rings is 1. The molecule has 0 heterocycles. The van der Waals surface area contributed by atoms with Crippen LogP contribution < -0.4 is 5.32 Å². The maximum Gasteiger partial charge on any atom is 0.0549 e. The molecule has 1 aromatic carbocycles. The summed E-state index contributed by atoms with van der Waals surface area (Å²) in [5.74, 6) is 1.14. The van der Waals surface area contributed by atoms with E-state index in [-0.39, 0.29) is 6.10 Å². The molecule has 0 aliphatic rings. The summed E-state index contributed by atoms with van der Waals surface area (Å²) < 4.78 is 5.40. The van der Waals surface area contributed by atoms with E-state index in [0.717, 1.165) is 24.5 Å². The zero-order valence-electron chi connectivity index (χ0n) is 12.4. The molecule has 2 unspecified atom stereocenters. The summed E-state index contributed by atoms with van der Waals surface area (Å²) in [4.78, 5) is 0. The molecule has 0 aromatic heterocycles. The Morgan fingerprint density at radius 1 is 1.11 bits per heavy atom.